The van der Waals surface area contributed by atoms with Gasteiger partial charge in [-0.2, -0.15) is 0 Å². The van der Waals surface area contributed by atoms with E-state index in [1.807, 2.05) is 79.7 Å². The summed E-state index contributed by atoms with van der Waals surface area (Å²) < 4.78 is 18.9. The van der Waals surface area contributed by atoms with E-state index in [2.05, 4.69) is 20.1 Å². The number of hydrogen-bond acceptors (Lipinski definition) is 7. The minimum atomic E-state index is -0.00885. The summed E-state index contributed by atoms with van der Waals surface area (Å²) in [5.74, 6) is 1.70. The van der Waals surface area contributed by atoms with Crippen LogP contribution in [0.5, 0.6) is 11.5 Å². The van der Waals surface area contributed by atoms with Gasteiger partial charge in [-0.25, -0.2) is 0 Å². The third-order valence-electron chi connectivity index (χ3n) is 5.71. The molecule has 35 heavy (non-hydrogen) atoms. The van der Waals surface area contributed by atoms with Gasteiger partial charge in [0.25, 0.3) is 5.89 Å². The molecule has 0 saturated carbocycles. The zero-order valence-corrected chi connectivity index (χ0v) is 19.6. The smallest absolute Gasteiger partial charge is 0.320 e. The molecule has 0 spiro atoms. The quantitative estimate of drug-likeness (QED) is 0.285. The maximum atomic E-state index is 12.6. The van der Waals surface area contributed by atoms with Crippen LogP contribution >= 0.6 is 0 Å². The van der Waals surface area contributed by atoms with Crippen LogP contribution in [0.15, 0.2) is 77.2 Å². The van der Waals surface area contributed by atoms with E-state index in [1.54, 1.807) is 14.0 Å². The summed E-state index contributed by atoms with van der Waals surface area (Å²) in [6.07, 6.45) is 0. The highest BCUT2D eigenvalue weighted by atomic mass is 16.5. The fourth-order valence-corrected chi connectivity index (χ4v) is 4.15. The highest BCUT2D eigenvalue weighted by Gasteiger charge is 2.19. The minimum absolute atomic E-state index is 0.00885. The maximum Gasteiger partial charge on any atom is 0.320 e. The molecular weight excluding hydrogens is 444 g/mol. The van der Waals surface area contributed by atoms with E-state index in [4.69, 9.17) is 13.9 Å². The van der Waals surface area contributed by atoms with Crippen molar-refractivity contribution in [1.29, 1.82) is 0 Å². The predicted octanol–water partition coefficient (Wildman–Crippen LogP) is 5.86. The van der Waals surface area contributed by atoms with E-state index in [-0.39, 0.29) is 18.4 Å². The number of ketones is 1. The average molecular weight is 469 g/mol. The molecule has 5 rings (SSSR count). The van der Waals surface area contributed by atoms with E-state index in [9.17, 15) is 4.79 Å². The maximum absolute atomic E-state index is 12.6. The topological polar surface area (TPSA) is 91.4 Å². The van der Waals surface area contributed by atoms with Crippen LogP contribution in [-0.4, -0.2) is 27.7 Å². The van der Waals surface area contributed by atoms with Crippen molar-refractivity contribution in [2.45, 2.75) is 20.5 Å². The van der Waals surface area contributed by atoms with Crippen molar-refractivity contribution in [3.63, 3.8) is 0 Å². The largest absolute Gasteiger partial charge is 0.497 e. The Hall–Kier alpha value is -4.59. The average Bonchev–Trinajstić information content (AvgIpc) is 3.44. The summed E-state index contributed by atoms with van der Waals surface area (Å²) in [5.41, 5.74) is 4.23. The molecule has 0 aliphatic carbocycles. The van der Waals surface area contributed by atoms with Crippen LogP contribution in [0.4, 0.5) is 11.7 Å². The molecule has 0 aliphatic heterocycles. The Morgan fingerprint density at radius 1 is 1.00 bits per heavy atom. The first-order valence-corrected chi connectivity index (χ1v) is 11.1. The van der Waals surface area contributed by atoms with E-state index in [0.717, 1.165) is 33.7 Å². The number of fused-ring (bicyclic) bond motifs is 1. The standard InChI is InChI=1S/C27H24N4O4/c1-17-26(18(2)32)23-15-22(13-14-24(23)31(17)20-9-11-21(33-3)12-10-20)34-16-25-29-30-27(35-25)28-19-7-5-4-6-8-19/h4-15H,16H2,1-3H3,(H,28,30). The van der Waals surface area contributed by atoms with Crippen molar-refractivity contribution in [3.05, 3.63) is 89.9 Å². The van der Waals surface area contributed by atoms with Gasteiger partial charge in [0.2, 0.25) is 0 Å². The number of ether oxygens (including phenoxy) is 2. The molecule has 0 aliphatic rings. The number of aromatic nitrogens is 3. The lowest BCUT2D eigenvalue weighted by Crippen LogP contribution is -1.99. The number of nitrogens with one attached hydrogen (secondary N) is 1. The molecule has 5 aromatic rings. The molecule has 0 bridgehead atoms. The van der Waals surface area contributed by atoms with Gasteiger partial charge in [0, 0.05) is 28.0 Å². The minimum Gasteiger partial charge on any atom is -0.497 e. The Balaban J connectivity index is 1.40. The Bertz CT molecular complexity index is 1490. The summed E-state index contributed by atoms with van der Waals surface area (Å²) in [7, 11) is 1.63. The number of benzene rings is 3. The first kappa shape index (κ1) is 22.2. The van der Waals surface area contributed by atoms with Gasteiger partial charge in [0.1, 0.15) is 11.5 Å². The summed E-state index contributed by atoms with van der Waals surface area (Å²) in [6, 6.07) is 23.3. The zero-order chi connectivity index (χ0) is 24.4. The monoisotopic (exact) mass is 468 g/mol. The number of Topliss-reactive ketones (excluding diaryl/α,β-unsaturated/α-hetero) is 1. The zero-order valence-electron chi connectivity index (χ0n) is 19.6. The summed E-state index contributed by atoms with van der Waals surface area (Å²) in [6.45, 7) is 3.62. The highest BCUT2D eigenvalue weighted by Crippen LogP contribution is 2.33. The molecule has 0 radical (unpaired) electrons. The van der Waals surface area contributed by atoms with Gasteiger partial charge < -0.3 is 23.8 Å². The van der Waals surface area contributed by atoms with Gasteiger partial charge >= 0.3 is 6.01 Å². The van der Waals surface area contributed by atoms with Gasteiger partial charge in [-0.1, -0.05) is 23.3 Å². The fraction of sp³-hybridized carbons (Fsp3) is 0.148. The number of carbonyl (C=O) groups excluding carboxylic acids is 1. The number of para-hydroxylation sites is 1. The van der Waals surface area contributed by atoms with Crippen molar-refractivity contribution in [3.8, 4) is 17.2 Å². The van der Waals surface area contributed by atoms with Crippen molar-refractivity contribution in [2.75, 3.05) is 12.4 Å². The summed E-state index contributed by atoms with van der Waals surface area (Å²) in [5, 5.41) is 11.9. The number of anilines is 2. The first-order chi connectivity index (χ1) is 17.0. The van der Waals surface area contributed by atoms with E-state index in [0.29, 0.717) is 17.2 Å². The molecule has 1 N–H and O–H groups in total. The van der Waals surface area contributed by atoms with Crippen molar-refractivity contribution in [1.82, 2.24) is 14.8 Å². The molecule has 0 atom stereocenters. The predicted molar refractivity (Wildman–Crippen MR) is 133 cm³/mol. The van der Waals surface area contributed by atoms with Gasteiger partial charge in [0.05, 0.1) is 12.6 Å². The second-order valence-electron chi connectivity index (χ2n) is 8.01. The van der Waals surface area contributed by atoms with Crippen LogP contribution < -0.4 is 14.8 Å². The van der Waals surface area contributed by atoms with Crippen LogP contribution in [0.1, 0.15) is 28.9 Å². The normalized spacial score (nSPS) is 10.9. The molecule has 8 nitrogen and oxygen atoms in total. The molecule has 0 unspecified atom stereocenters. The molecule has 0 amide bonds. The molecule has 2 heterocycles. The Kier molecular flexibility index (Phi) is 5.93. The number of nitrogens with zero attached hydrogens (tertiary/aromatic N) is 3. The molecule has 3 aromatic carbocycles. The summed E-state index contributed by atoms with van der Waals surface area (Å²) in [4.78, 5) is 12.6. The van der Waals surface area contributed by atoms with Crippen molar-refractivity contribution in [2.24, 2.45) is 0 Å². The second kappa shape index (κ2) is 9.34. The van der Waals surface area contributed by atoms with Gasteiger partial charge in [-0.05, 0) is 68.4 Å². The van der Waals surface area contributed by atoms with Crippen LogP contribution in [-0.2, 0) is 6.61 Å². The number of methoxy groups -OCH3 is 1. The van der Waals surface area contributed by atoms with E-state index >= 15 is 0 Å². The van der Waals surface area contributed by atoms with E-state index < -0.39 is 0 Å². The lowest BCUT2D eigenvalue weighted by molar-refractivity contribution is 0.101. The third-order valence-corrected chi connectivity index (χ3v) is 5.71. The number of rotatable bonds is 8. The van der Waals surface area contributed by atoms with Crippen molar-refractivity contribution < 1.29 is 18.7 Å². The van der Waals surface area contributed by atoms with Gasteiger partial charge in [-0.15, -0.1) is 5.10 Å². The molecule has 0 fully saturated rings. The molecule has 176 valence electrons. The third kappa shape index (κ3) is 4.46. The molecule has 2 aromatic heterocycles. The van der Waals surface area contributed by atoms with Crippen LogP contribution in [0, 0.1) is 6.92 Å². The first-order valence-electron chi connectivity index (χ1n) is 11.1. The van der Waals surface area contributed by atoms with Crippen LogP contribution in [0.2, 0.25) is 0 Å². The second-order valence-corrected chi connectivity index (χ2v) is 8.01. The SMILES string of the molecule is COc1ccc(-n2c(C)c(C(C)=O)c3cc(OCc4nnc(Nc5ccccc5)o4)ccc32)cc1. The van der Waals surface area contributed by atoms with Crippen LogP contribution in [0.25, 0.3) is 16.6 Å². The van der Waals surface area contributed by atoms with Gasteiger partial charge in [0.15, 0.2) is 12.4 Å². The highest BCUT2D eigenvalue weighted by molar-refractivity contribution is 6.09. The van der Waals surface area contributed by atoms with Crippen molar-refractivity contribution >= 4 is 28.4 Å². The lowest BCUT2D eigenvalue weighted by Gasteiger charge is -2.10. The Morgan fingerprint density at radius 2 is 1.74 bits per heavy atom. The molecular formula is C27H24N4O4. The van der Waals surface area contributed by atoms with E-state index in [1.165, 1.54) is 0 Å². The number of hydrogen-bond donors (Lipinski definition) is 1. The van der Waals surface area contributed by atoms with Crippen LogP contribution in [0.3, 0.4) is 0 Å². The molecule has 0 saturated heterocycles. The summed E-state index contributed by atoms with van der Waals surface area (Å²) >= 11 is 0. The lowest BCUT2D eigenvalue weighted by atomic mass is 10.1. The molecule has 8 heteroatoms. The van der Waals surface area contributed by atoms with Gasteiger partial charge in [-0.3, -0.25) is 4.79 Å². The Morgan fingerprint density at radius 3 is 2.46 bits per heavy atom. The Labute approximate surface area is 202 Å². The number of carbonyl (C=O) groups is 1. The fourth-order valence-electron chi connectivity index (χ4n) is 4.15.